The molecule has 2 amide bonds. The highest BCUT2D eigenvalue weighted by Gasteiger charge is 2.16. The zero-order valence-electron chi connectivity index (χ0n) is 17.4. The van der Waals surface area contributed by atoms with E-state index in [4.69, 9.17) is 9.26 Å². The predicted molar refractivity (Wildman–Crippen MR) is 112 cm³/mol. The number of benzene rings is 1. The minimum atomic E-state index is -0.585. The Balaban J connectivity index is 1.51. The number of amides is 2. The summed E-state index contributed by atoms with van der Waals surface area (Å²) in [5.74, 6) is -0.0655. The van der Waals surface area contributed by atoms with E-state index >= 15 is 0 Å². The molecule has 0 saturated heterocycles. The fourth-order valence-corrected chi connectivity index (χ4v) is 2.67. The molecule has 0 aliphatic heterocycles. The lowest BCUT2D eigenvalue weighted by molar-refractivity contribution is -0.116. The molecule has 9 heteroatoms. The van der Waals surface area contributed by atoms with E-state index in [1.165, 1.54) is 0 Å². The van der Waals surface area contributed by atoms with Crippen LogP contribution in [0, 0.1) is 0 Å². The van der Waals surface area contributed by atoms with Crippen molar-refractivity contribution in [2.24, 2.45) is 7.05 Å². The van der Waals surface area contributed by atoms with E-state index < -0.39 is 11.7 Å². The molecule has 0 aliphatic rings. The van der Waals surface area contributed by atoms with Crippen LogP contribution in [0.15, 0.2) is 47.2 Å². The first-order valence-corrected chi connectivity index (χ1v) is 9.52. The number of ether oxygens (including phenoxy) is 1. The lowest BCUT2D eigenvalue weighted by Gasteiger charge is -2.19. The zero-order chi connectivity index (χ0) is 21.7. The second-order valence-electron chi connectivity index (χ2n) is 7.78. The molecule has 9 nitrogen and oxygen atoms in total. The normalized spacial score (nSPS) is 11.2. The number of carbonyl (C=O) groups excluding carboxylic acids is 2. The van der Waals surface area contributed by atoms with Crippen LogP contribution in [0.2, 0.25) is 0 Å². The largest absolute Gasteiger partial charge is 0.444 e. The van der Waals surface area contributed by atoms with Crippen LogP contribution in [0.25, 0.3) is 22.4 Å². The van der Waals surface area contributed by atoms with E-state index in [1.54, 1.807) is 37.7 Å². The van der Waals surface area contributed by atoms with Crippen LogP contribution in [0.3, 0.4) is 0 Å². The summed E-state index contributed by atoms with van der Waals surface area (Å²) in [7, 11) is 1.87. The number of hydrogen-bond acceptors (Lipinski definition) is 6. The third-order valence-electron chi connectivity index (χ3n) is 4.01. The van der Waals surface area contributed by atoms with Gasteiger partial charge in [-0.15, -0.1) is 0 Å². The van der Waals surface area contributed by atoms with Gasteiger partial charge >= 0.3 is 6.09 Å². The molecule has 2 heterocycles. The van der Waals surface area contributed by atoms with Crippen molar-refractivity contribution in [2.45, 2.75) is 32.8 Å². The highest BCUT2D eigenvalue weighted by molar-refractivity contribution is 5.90. The topological polar surface area (TPSA) is 111 Å². The zero-order valence-corrected chi connectivity index (χ0v) is 17.4. The van der Waals surface area contributed by atoms with E-state index in [-0.39, 0.29) is 24.8 Å². The van der Waals surface area contributed by atoms with Crippen molar-refractivity contribution in [2.75, 3.05) is 11.9 Å². The molecule has 0 fully saturated rings. The molecule has 0 saturated carbocycles. The molecule has 2 N–H and O–H groups in total. The van der Waals surface area contributed by atoms with Gasteiger partial charge in [0.25, 0.3) is 0 Å². The standard InChI is InChI=1S/C21H25N5O4/c1-21(2,3)29-20(28)22-10-9-18(27)24-19-11-17(25-30-19)15-7-5-14(6-8-15)16-12-23-26(4)13-16/h5-8,11-13H,9-10H2,1-4H3,(H,22,28)(H,24,27). The number of carbonyl (C=O) groups is 2. The summed E-state index contributed by atoms with van der Waals surface area (Å²) in [6, 6.07) is 9.45. The maximum absolute atomic E-state index is 12.0. The predicted octanol–water partition coefficient (Wildman–Crippen LogP) is 3.60. The number of aromatic nitrogens is 3. The highest BCUT2D eigenvalue weighted by Crippen LogP contribution is 2.25. The van der Waals surface area contributed by atoms with E-state index in [1.807, 2.05) is 37.5 Å². The fraction of sp³-hybridized carbons (Fsp3) is 0.333. The Morgan fingerprint density at radius 3 is 2.47 bits per heavy atom. The van der Waals surface area contributed by atoms with E-state index in [9.17, 15) is 9.59 Å². The van der Waals surface area contributed by atoms with Crippen molar-refractivity contribution in [3.8, 4) is 22.4 Å². The number of aryl methyl sites for hydroxylation is 1. The first kappa shape index (κ1) is 21.1. The molecule has 0 atom stereocenters. The number of alkyl carbamates (subject to hydrolysis) is 1. The Labute approximate surface area is 174 Å². The van der Waals surface area contributed by atoms with Crippen molar-refractivity contribution >= 4 is 17.9 Å². The third-order valence-corrected chi connectivity index (χ3v) is 4.01. The van der Waals surface area contributed by atoms with Gasteiger partial charge in [-0.3, -0.25) is 14.8 Å². The molecule has 30 heavy (non-hydrogen) atoms. The Bertz CT molecular complexity index is 1010. The van der Waals surface area contributed by atoms with Crippen LogP contribution < -0.4 is 10.6 Å². The molecule has 1 aromatic carbocycles. The van der Waals surface area contributed by atoms with Crippen molar-refractivity contribution in [1.29, 1.82) is 0 Å². The van der Waals surface area contributed by atoms with Crippen molar-refractivity contribution in [1.82, 2.24) is 20.3 Å². The summed E-state index contributed by atoms with van der Waals surface area (Å²) in [5, 5.41) is 13.3. The van der Waals surface area contributed by atoms with E-state index in [0.29, 0.717) is 5.69 Å². The number of hydrogen-bond donors (Lipinski definition) is 2. The first-order chi connectivity index (χ1) is 14.2. The Morgan fingerprint density at radius 1 is 1.13 bits per heavy atom. The summed E-state index contributed by atoms with van der Waals surface area (Å²) in [5.41, 5.74) is 2.95. The molecule has 0 unspecified atom stereocenters. The van der Waals surface area contributed by atoms with Crippen LogP contribution in [0.4, 0.5) is 10.7 Å². The third kappa shape index (κ3) is 5.94. The highest BCUT2D eigenvalue weighted by atomic mass is 16.6. The molecule has 0 aliphatic carbocycles. The van der Waals surface area contributed by atoms with Crippen LogP contribution in [-0.2, 0) is 16.6 Å². The van der Waals surface area contributed by atoms with Crippen molar-refractivity contribution in [3.05, 3.63) is 42.7 Å². The minimum Gasteiger partial charge on any atom is -0.444 e. The summed E-state index contributed by atoms with van der Waals surface area (Å²) >= 11 is 0. The van der Waals surface area contributed by atoms with Gasteiger partial charge in [0.15, 0.2) is 0 Å². The smallest absolute Gasteiger partial charge is 0.407 e. The van der Waals surface area contributed by atoms with Crippen LogP contribution >= 0.6 is 0 Å². The Hall–Kier alpha value is -3.62. The van der Waals surface area contributed by atoms with Gasteiger partial charge in [-0.1, -0.05) is 29.4 Å². The molecular weight excluding hydrogens is 386 g/mol. The lowest BCUT2D eigenvalue weighted by atomic mass is 10.1. The fourth-order valence-electron chi connectivity index (χ4n) is 2.67. The van der Waals surface area contributed by atoms with Gasteiger partial charge in [0.2, 0.25) is 11.8 Å². The van der Waals surface area contributed by atoms with Crippen LogP contribution in [-0.4, -0.2) is 39.1 Å². The van der Waals surface area contributed by atoms with Gasteiger partial charge in [0.05, 0.1) is 6.20 Å². The molecule has 3 aromatic rings. The van der Waals surface area contributed by atoms with E-state index in [0.717, 1.165) is 16.7 Å². The second-order valence-corrected chi connectivity index (χ2v) is 7.78. The Kier molecular flexibility index (Phi) is 6.20. The van der Waals surface area contributed by atoms with Crippen molar-refractivity contribution in [3.63, 3.8) is 0 Å². The maximum atomic E-state index is 12.0. The molecule has 0 bridgehead atoms. The summed E-state index contributed by atoms with van der Waals surface area (Å²) in [6.07, 6.45) is 3.26. The Morgan fingerprint density at radius 2 is 1.83 bits per heavy atom. The number of nitrogens with zero attached hydrogens (tertiary/aromatic N) is 3. The lowest BCUT2D eigenvalue weighted by Crippen LogP contribution is -2.34. The molecular formula is C21H25N5O4. The van der Waals surface area contributed by atoms with Gasteiger partial charge in [0.1, 0.15) is 11.3 Å². The number of nitrogens with one attached hydrogen (secondary N) is 2. The summed E-state index contributed by atoms with van der Waals surface area (Å²) in [4.78, 5) is 23.6. The van der Waals surface area contributed by atoms with Gasteiger partial charge in [-0.2, -0.15) is 5.10 Å². The second kappa shape index (κ2) is 8.81. The average Bonchev–Trinajstić information content (AvgIpc) is 3.29. The van der Waals surface area contributed by atoms with Gasteiger partial charge in [0, 0.05) is 43.4 Å². The summed E-state index contributed by atoms with van der Waals surface area (Å²) < 4.78 is 12.1. The quantitative estimate of drug-likeness (QED) is 0.641. The SMILES string of the molecule is Cn1cc(-c2ccc(-c3cc(NC(=O)CCNC(=O)OC(C)(C)C)on3)cc2)cn1. The van der Waals surface area contributed by atoms with Crippen molar-refractivity contribution < 1.29 is 18.8 Å². The van der Waals surface area contributed by atoms with E-state index in [2.05, 4.69) is 20.9 Å². The van der Waals surface area contributed by atoms with Gasteiger partial charge in [-0.25, -0.2) is 4.79 Å². The minimum absolute atomic E-state index is 0.0785. The van der Waals surface area contributed by atoms with Crippen LogP contribution in [0.1, 0.15) is 27.2 Å². The monoisotopic (exact) mass is 411 g/mol. The van der Waals surface area contributed by atoms with Gasteiger partial charge in [-0.05, 0) is 26.3 Å². The number of rotatable bonds is 6. The summed E-state index contributed by atoms with van der Waals surface area (Å²) in [6.45, 7) is 5.46. The number of anilines is 1. The van der Waals surface area contributed by atoms with Gasteiger partial charge < -0.3 is 14.6 Å². The molecule has 158 valence electrons. The molecule has 2 aromatic heterocycles. The molecule has 0 radical (unpaired) electrons. The first-order valence-electron chi connectivity index (χ1n) is 9.52. The molecule has 0 spiro atoms. The average molecular weight is 411 g/mol. The maximum Gasteiger partial charge on any atom is 0.407 e. The molecule has 3 rings (SSSR count). The van der Waals surface area contributed by atoms with Crippen LogP contribution in [0.5, 0.6) is 0 Å².